The summed E-state index contributed by atoms with van der Waals surface area (Å²) < 4.78 is 13.3. The van der Waals surface area contributed by atoms with Gasteiger partial charge >= 0.3 is 0 Å². The Kier molecular flexibility index (Phi) is 6.35. The lowest BCUT2D eigenvalue weighted by atomic mass is 10.2. The van der Waals surface area contributed by atoms with Crippen LogP contribution >= 0.6 is 11.8 Å². The van der Waals surface area contributed by atoms with Gasteiger partial charge in [0.05, 0.1) is 0 Å². The predicted octanol–water partition coefficient (Wildman–Crippen LogP) is 2.11. The quantitative estimate of drug-likeness (QED) is 0.643. The van der Waals surface area contributed by atoms with Gasteiger partial charge in [-0.1, -0.05) is 26.0 Å². The molecule has 0 fully saturated rings. The van der Waals surface area contributed by atoms with Gasteiger partial charge in [-0.3, -0.25) is 20.4 Å². The second kappa shape index (κ2) is 7.78. The molecule has 0 spiro atoms. The van der Waals surface area contributed by atoms with Crippen LogP contribution in [0.5, 0.6) is 0 Å². The molecule has 0 aliphatic rings. The standard InChI is InChI=1S/C13H17FN2O2S/c1-9(2)13(18)16-15-12(17)7-8-19-11-6-4-3-5-10(11)14/h3-6,9H,7-8H2,1-2H3,(H,15,17)(H,16,18). The summed E-state index contributed by atoms with van der Waals surface area (Å²) in [6.07, 6.45) is 0.206. The van der Waals surface area contributed by atoms with Crippen LogP contribution in [0.4, 0.5) is 4.39 Å². The Bertz CT molecular complexity index is 452. The van der Waals surface area contributed by atoms with Crippen molar-refractivity contribution in [1.29, 1.82) is 0 Å². The number of benzene rings is 1. The van der Waals surface area contributed by atoms with Gasteiger partial charge < -0.3 is 0 Å². The largest absolute Gasteiger partial charge is 0.273 e. The maximum Gasteiger partial charge on any atom is 0.240 e. The number of carbonyl (C=O) groups excluding carboxylic acids is 2. The molecule has 6 heteroatoms. The molecule has 0 aliphatic heterocycles. The number of hydrogen-bond donors (Lipinski definition) is 2. The molecule has 0 saturated carbocycles. The van der Waals surface area contributed by atoms with E-state index in [-0.39, 0.29) is 30.0 Å². The van der Waals surface area contributed by atoms with Gasteiger partial charge in [-0.15, -0.1) is 11.8 Å². The molecule has 1 rings (SSSR count). The highest BCUT2D eigenvalue weighted by molar-refractivity contribution is 7.99. The maximum atomic E-state index is 13.3. The Hall–Kier alpha value is -1.56. The molecule has 2 amide bonds. The second-order valence-corrected chi connectivity index (χ2v) is 5.36. The van der Waals surface area contributed by atoms with Crippen molar-refractivity contribution < 1.29 is 14.0 Å². The predicted molar refractivity (Wildman–Crippen MR) is 72.9 cm³/mol. The average molecular weight is 284 g/mol. The highest BCUT2D eigenvalue weighted by Crippen LogP contribution is 2.21. The van der Waals surface area contributed by atoms with Gasteiger partial charge in [0.15, 0.2) is 0 Å². The number of amides is 2. The summed E-state index contributed by atoms with van der Waals surface area (Å²) in [5.41, 5.74) is 4.64. The Balaban J connectivity index is 2.24. The first kappa shape index (κ1) is 15.5. The van der Waals surface area contributed by atoms with E-state index in [0.29, 0.717) is 10.6 Å². The first-order valence-corrected chi connectivity index (χ1v) is 6.95. The minimum Gasteiger partial charge on any atom is -0.273 e. The number of carbonyl (C=O) groups is 2. The van der Waals surface area contributed by atoms with Crippen LogP contribution < -0.4 is 10.9 Å². The van der Waals surface area contributed by atoms with Crippen LogP contribution in [0, 0.1) is 11.7 Å². The highest BCUT2D eigenvalue weighted by atomic mass is 32.2. The Morgan fingerprint density at radius 2 is 1.95 bits per heavy atom. The van der Waals surface area contributed by atoms with Crippen molar-refractivity contribution in [3.05, 3.63) is 30.1 Å². The van der Waals surface area contributed by atoms with Gasteiger partial charge in [0.25, 0.3) is 0 Å². The number of hydrogen-bond acceptors (Lipinski definition) is 3. The van der Waals surface area contributed by atoms with Gasteiger partial charge in [0.2, 0.25) is 11.8 Å². The number of halogens is 1. The number of rotatable bonds is 5. The average Bonchev–Trinajstić information content (AvgIpc) is 2.38. The van der Waals surface area contributed by atoms with Crippen LogP contribution in [0.15, 0.2) is 29.2 Å². The molecule has 2 N–H and O–H groups in total. The van der Waals surface area contributed by atoms with Gasteiger partial charge in [-0.2, -0.15) is 0 Å². The van der Waals surface area contributed by atoms with E-state index in [1.807, 2.05) is 0 Å². The Morgan fingerprint density at radius 1 is 1.26 bits per heavy atom. The van der Waals surface area contributed by atoms with Gasteiger partial charge in [-0.05, 0) is 12.1 Å². The fraction of sp³-hybridized carbons (Fsp3) is 0.385. The van der Waals surface area contributed by atoms with Crippen LogP contribution in [-0.4, -0.2) is 17.6 Å². The van der Waals surface area contributed by atoms with Gasteiger partial charge in [0, 0.05) is 23.0 Å². The summed E-state index contributed by atoms with van der Waals surface area (Å²) >= 11 is 1.27. The van der Waals surface area contributed by atoms with E-state index in [4.69, 9.17) is 0 Å². The van der Waals surface area contributed by atoms with Crippen LogP contribution in [0.2, 0.25) is 0 Å². The van der Waals surface area contributed by atoms with Gasteiger partial charge in [0.1, 0.15) is 5.82 Å². The zero-order chi connectivity index (χ0) is 14.3. The Labute approximate surface area is 116 Å². The van der Waals surface area contributed by atoms with E-state index in [1.165, 1.54) is 17.8 Å². The van der Waals surface area contributed by atoms with E-state index in [9.17, 15) is 14.0 Å². The summed E-state index contributed by atoms with van der Waals surface area (Å²) in [5.74, 6) is -0.563. The third-order valence-electron chi connectivity index (χ3n) is 2.27. The molecule has 19 heavy (non-hydrogen) atoms. The number of thioether (sulfide) groups is 1. The van der Waals surface area contributed by atoms with Gasteiger partial charge in [-0.25, -0.2) is 4.39 Å². The molecule has 0 unspecified atom stereocenters. The summed E-state index contributed by atoms with van der Waals surface area (Å²) in [7, 11) is 0. The molecule has 0 radical (unpaired) electrons. The molecule has 1 aromatic carbocycles. The van der Waals surface area contributed by atoms with E-state index in [2.05, 4.69) is 10.9 Å². The monoisotopic (exact) mass is 284 g/mol. The molecule has 0 aromatic heterocycles. The van der Waals surface area contributed by atoms with E-state index in [1.54, 1.807) is 32.0 Å². The van der Waals surface area contributed by atoms with E-state index in [0.717, 1.165) is 0 Å². The third-order valence-corrected chi connectivity index (χ3v) is 3.32. The van der Waals surface area contributed by atoms with E-state index < -0.39 is 0 Å². The number of hydrazine groups is 1. The smallest absolute Gasteiger partial charge is 0.240 e. The lowest BCUT2D eigenvalue weighted by molar-refractivity contribution is -0.130. The minimum atomic E-state index is -0.294. The summed E-state index contributed by atoms with van der Waals surface area (Å²) in [6, 6.07) is 6.41. The molecule has 0 bridgehead atoms. The molecular weight excluding hydrogens is 267 g/mol. The Morgan fingerprint density at radius 3 is 2.58 bits per heavy atom. The normalized spacial score (nSPS) is 10.3. The van der Waals surface area contributed by atoms with Crippen molar-refractivity contribution in [2.75, 3.05) is 5.75 Å². The molecule has 0 saturated heterocycles. The summed E-state index contributed by atoms with van der Waals surface area (Å²) in [6.45, 7) is 3.46. The first-order valence-electron chi connectivity index (χ1n) is 5.96. The summed E-state index contributed by atoms with van der Waals surface area (Å²) in [4.78, 5) is 23.1. The van der Waals surface area contributed by atoms with Crippen molar-refractivity contribution in [2.45, 2.75) is 25.2 Å². The number of nitrogens with one attached hydrogen (secondary N) is 2. The molecule has 1 aromatic rings. The maximum absolute atomic E-state index is 13.3. The van der Waals surface area contributed by atoms with Crippen molar-refractivity contribution in [3.63, 3.8) is 0 Å². The summed E-state index contributed by atoms with van der Waals surface area (Å²) in [5, 5.41) is 0. The zero-order valence-corrected chi connectivity index (χ0v) is 11.7. The van der Waals surface area contributed by atoms with Crippen LogP contribution in [0.3, 0.4) is 0 Å². The van der Waals surface area contributed by atoms with Crippen molar-refractivity contribution in [2.24, 2.45) is 5.92 Å². The molecule has 104 valence electrons. The molecule has 4 nitrogen and oxygen atoms in total. The minimum absolute atomic E-state index is 0.187. The molecule has 0 aliphatic carbocycles. The lowest BCUT2D eigenvalue weighted by Gasteiger charge is -2.09. The fourth-order valence-electron chi connectivity index (χ4n) is 1.15. The van der Waals surface area contributed by atoms with E-state index >= 15 is 0 Å². The van der Waals surface area contributed by atoms with Crippen LogP contribution in [-0.2, 0) is 9.59 Å². The van der Waals surface area contributed by atoms with Crippen molar-refractivity contribution >= 4 is 23.6 Å². The van der Waals surface area contributed by atoms with Crippen LogP contribution in [0.25, 0.3) is 0 Å². The molecule has 0 heterocycles. The first-order chi connectivity index (χ1) is 9.00. The topological polar surface area (TPSA) is 58.2 Å². The lowest BCUT2D eigenvalue weighted by Crippen LogP contribution is -2.43. The zero-order valence-electron chi connectivity index (χ0n) is 10.9. The molecular formula is C13H17FN2O2S. The highest BCUT2D eigenvalue weighted by Gasteiger charge is 2.08. The van der Waals surface area contributed by atoms with Crippen molar-refractivity contribution in [3.8, 4) is 0 Å². The second-order valence-electron chi connectivity index (χ2n) is 4.22. The van der Waals surface area contributed by atoms with Crippen molar-refractivity contribution in [1.82, 2.24) is 10.9 Å². The fourth-order valence-corrected chi connectivity index (χ4v) is 2.04. The SMILES string of the molecule is CC(C)C(=O)NNC(=O)CCSc1ccccc1F. The molecule has 0 atom stereocenters. The van der Waals surface area contributed by atoms with Crippen LogP contribution in [0.1, 0.15) is 20.3 Å². The third kappa shape index (κ3) is 5.74.